The molecule has 0 saturated carbocycles. The average Bonchev–Trinajstić information content (AvgIpc) is 2.38. The van der Waals surface area contributed by atoms with Crippen LogP contribution < -0.4 is 10.5 Å². The second-order valence-electron chi connectivity index (χ2n) is 5.63. The Morgan fingerprint density at radius 2 is 2.11 bits per heavy atom. The number of hydrogen-bond donors (Lipinski definition) is 1. The number of para-hydroxylation sites is 1. The fourth-order valence-electron chi connectivity index (χ4n) is 2.52. The van der Waals surface area contributed by atoms with Crippen LogP contribution in [0.25, 0.3) is 0 Å². The van der Waals surface area contributed by atoms with Gasteiger partial charge in [0.25, 0.3) is 0 Å². The molecule has 0 aliphatic carbocycles. The van der Waals surface area contributed by atoms with Crippen molar-refractivity contribution in [2.45, 2.75) is 25.6 Å². The van der Waals surface area contributed by atoms with E-state index in [9.17, 15) is 0 Å². The van der Waals surface area contributed by atoms with Gasteiger partial charge >= 0.3 is 0 Å². The predicted molar refractivity (Wildman–Crippen MR) is 76.4 cm³/mol. The Bertz CT molecular complexity index is 381. The van der Waals surface area contributed by atoms with E-state index in [1.165, 1.54) is 0 Å². The van der Waals surface area contributed by atoms with Crippen LogP contribution in [0.15, 0.2) is 30.3 Å². The minimum absolute atomic E-state index is 0.125. The fourth-order valence-corrected chi connectivity index (χ4v) is 2.52. The molecule has 1 aromatic carbocycles. The van der Waals surface area contributed by atoms with Crippen LogP contribution in [0.1, 0.15) is 13.8 Å². The molecule has 1 heterocycles. The van der Waals surface area contributed by atoms with E-state index in [0.717, 1.165) is 25.4 Å². The topological polar surface area (TPSA) is 47.7 Å². The molecule has 0 spiro atoms. The van der Waals surface area contributed by atoms with Crippen molar-refractivity contribution in [3.63, 3.8) is 0 Å². The van der Waals surface area contributed by atoms with Crippen LogP contribution in [0.3, 0.4) is 0 Å². The molecule has 4 heteroatoms. The SMILES string of the molecule is CC1(C)CN(CCOc2ccccc2)CC(CN)O1. The summed E-state index contributed by atoms with van der Waals surface area (Å²) in [5.74, 6) is 0.922. The smallest absolute Gasteiger partial charge is 0.119 e. The van der Waals surface area contributed by atoms with Gasteiger partial charge in [-0.15, -0.1) is 0 Å². The molecule has 1 aliphatic rings. The third kappa shape index (κ3) is 4.49. The first-order valence-electron chi connectivity index (χ1n) is 6.87. The molecule has 4 nitrogen and oxygen atoms in total. The zero-order chi connectivity index (χ0) is 13.7. The largest absolute Gasteiger partial charge is 0.492 e. The molecule has 1 atom stereocenters. The maximum atomic E-state index is 5.91. The Hall–Kier alpha value is -1.10. The number of rotatable bonds is 5. The average molecular weight is 264 g/mol. The lowest BCUT2D eigenvalue weighted by Gasteiger charge is -2.42. The maximum absolute atomic E-state index is 5.91. The zero-order valence-corrected chi connectivity index (χ0v) is 11.8. The van der Waals surface area contributed by atoms with Crippen molar-refractivity contribution in [1.82, 2.24) is 4.90 Å². The first kappa shape index (κ1) is 14.3. The van der Waals surface area contributed by atoms with Crippen LogP contribution in [0.4, 0.5) is 0 Å². The van der Waals surface area contributed by atoms with Crippen LogP contribution in [-0.4, -0.2) is 49.4 Å². The van der Waals surface area contributed by atoms with Gasteiger partial charge in [-0.1, -0.05) is 18.2 Å². The molecule has 0 radical (unpaired) electrons. The summed E-state index contributed by atoms with van der Waals surface area (Å²) >= 11 is 0. The van der Waals surface area contributed by atoms with Gasteiger partial charge in [-0.2, -0.15) is 0 Å². The van der Waals surface area contributed by atoms with Crippen LogP contribution in [0.2, 0.25) is 0 Å². The molecule has 0 bridgehead atoms. The van der Waals surface area contributed by atoms with E-state index in [4.69, 9.17) is 15.2 Å². The lowest BCUT2D eigenvalue weighted by atomic mass is 10.1. The summed E-state index contributed by atoms with van der Waals surface area (Å²) in [6, 6.07) is 9.91. The Morgan fingerprint density at radius 1 is 1.37 bits per heavy atom. The number of nitrogens with zero attached hydrogens (tertiary/aromatic N) is 1. The number of hydrogen-bond acceptors (Lipinski definition) is 4. The monoisotopic (exact) mass is 264 g/mol. The van der Waals surface area contributed by atoms with E-state index in [0.29, 0.717) is 13.2 Å². The first-order chi connectivity index (χ1) is 9.09. The molecule has 2 rings (SSSR count). The molecule has 2 N–H and O–H groups in total. The Morgan fingerprint density at radius 3 is 2.79 bits per heavy atom. The summed E-state index contributed by atoms with van der Waals surface area (Å²) in [5.41, 5.74) is 5.59. The minimum Gasteiger partial charge on any atom is -0.492 e. The third-order valence-electron chi connectivity index (χ3n) is 3.23. The van der Waals surface area contributed by atoms with Gasteiger partial charge in [-0.05, 0) is 26.0 Å². The molecule has 1 unspecified atom stereocenters. The summed E-state index contributed by atoms with van der Waals surface area (Å²) in [4.78, 5) is 2.37. The van der Waals surface area contributed by atoms with Crippen molar-refractivity contribution in [3.05, 3.63) is 30.3 Å². The normalized spacial score (nSPS) is 23.2. The molecule has 1 aromatic rings. The highest BCUT2D eigenvalue weighted by Gasteiger charge is 2.32. The standard InChI is InChI=1S/C15H24N2O2/c1-15(2)12-17(11-14(10-16)19-15)8-9-18-13-6-4-3-5-7-13/h3-7,14H,8-12,16H2,1-2H3. The summed E-state index contributed by atoms with van der Waals surface area (Å²) in [6.07, 6.45) is 0.125. The number of nitrogens with two attached hydrogens (primary N) is 1. The van der Waals surface area contributed by atoms with Gasteiger partial charge in [0.15, 0.2) is 0 Å². The highest BCUT2D eigenvalue weighted by atomic mass is 16.5. The molecule has 0 amide bonds. The minimum atomic E-state index is -0.130. The maximum Gasteiger partial charge on any atom is 0.119 e. The van der Waals surface area contributed by atoms with Crippen molar-refractivity contribution in [1.29, 1.82) is 0 Å². The Labute approximate surface area is 115 Å². The number of morpholine rings is 1. The fraction of sp³-hybridized carbons (Fsp3) is 0.600. The molecular formula is C15H24N2O2. The van der Waals surface area contributed by atoms with Gasteiger partial charge in [0, 0.05) is 26.2 Å². The molecule has 1 fully saturated rings. The molecule has 1 saturated heterocycles. The van der Waals surface area contributed by atoms with Gasteiger partial charge in [-0.25, -0.2) is 0 Å². The van der Waals surface area contributed by atoms with E-state index in [1.807, 2.05) is 30.3 Å². The Kier molecular flexibility index (Phi) is 4.80. The molecule has 0 aromatic heterocycles. The molecule has 1 aliphatic heterocycles. The quantitative estimate of drug-likeness (QED) is 0.875. The van der Waals surface area contributed by atoms with Crippen LogP contribution >= 0.6 is 0 Å². The van der Waals surface area contributed by atoms with E-state index < -0.39 is 0 Å². The van der Waals surface area contributed by atoms with Gasteiger partial charge in [0.05, 0.1) is 11.7 Å². The van der Waals surface area contributed by atoms with Gasteiger partial charge in [0.1, 0.15) is 12.4 Å². The molecule has 106 valence electrons. The van der Waals surface area contributed by atoms with Crippen molar-refractivity contribution < 1.29 is 9.47 Å². The van der Waals surface area contributed by atoms with E-state index in [1.54, 1.807) is 0 Å². The zero-order valence-electron chi connectivity index (χ0n) is 11.8. The van der Waals surface area contributed by atoms with Crippen molar-refractivity contribution in [3.8, 4) is 5.75 Å². The lowest BCUT2D eigenvalue weighted by molar-refractivity contribution is -0.132. The summed E-state index contributed by atoms with van der Waals surface area (Å²) < 4.78 is 11.6. The van der Waals surface area contributed by atoms with Crippen molar-refractivity contribution in [2.24, 2.45) is 5.73 Å². The molecular weight excluding hydrogens is 240 g/mol. The summed E-state index contributed by atoms with van der Waals surface area (Å²) in [7, 11) is 0. The highest BCUT2D eigenvalue weighted by Crippen LogP contribution is 2.20. The number of benzene rings is 1. The third-order valence-corrected chi connectivity index (χ3v) is 3.23. The summed E-state index contributed by atoms with van der Waals surface area (Å²) in [6.45, 7) is 8.19. The number of ether oxygens (including phenoxy) is 2. The first-order valence-corrected chi connectivity index (χ1v) is 6.87. The Balaban J connectivity index is 1.79. The summed E-state index contributed by atoms with van der Waals surface area (Å²) in [5, 5.41) is 0. The van der Waals surface area contributed by atoms with Gasteiger partial charge < -0.3 is 15.2 Å². The van der Waals surface area contributed by atoms with E-state index >= 15 is 0 Å². The highest BCUT2D eigenvalue weighted by molar-refractivity contribution is 5.20. The van der Waals surface area contributed by atoms with Crippen LogP contribution in [-0.2, 0) is 4.74 Å². The van der Waals surface area contributed by atoms with Crippen molar-refractivity contribution >= 4 is 0 Å². The second kappa shape index (κ2) is 6.37. The predicted octanol–water partition coefficient (Wildman–Crippen LogP) is 1.50. The van der Waals surface area contributed by atoms with Crippen LogP contribution in [0.5, 0.6) is 5.75 Å². The van der Waals surface area contributed by atoms with Gasteiger partial charge in [-0.3, -0.25) is 4.90 Å². The lowest BCUT2D eigenvalue weighted by Crippen LogP contribution is -2.55. The van der Waals surface area contributed by atoms with Crippen molar-refractivity contribution in [2.75, 3.05) is 32.8 Å². The molecule has 19 heavy (non-hydrogen) atoms. The van der Waals surface area contributed by atoms with Gasteiger partial charge in [0.2, 0.25) is 0 Å². The van der Waals surface area contributed by atoms with E-state index in [-0.39, 0.29) is 11.7 Å². The second-order valence-corrected chi connectivity index (χ2v) is 5.63. The van der Waals surface area contributed by atoms with Crippen LogP contribution in [0, 0.1) is 0 Å². The van der Waals surface area contributed by atoms with E-state index in [2.05, 4.69) is 18.7 Å².